The Morgan fingerprint density at radius 3 is 2.86 bits per heavy atom. The van der Waals surface area contributed by atoms with Crippen LogP contribution in [0, 0.1) is 5.92 Å². The van der Waals surface area contributed by atoms with Crippen LogP contribution in [0.4, 0.5) is 0 Å². The maximum atomic E-state index is 11.8. The number of hydrogen-bond donors (Lipinski definition) is 2. The van der Waals surface area contributed by atoms with E-state index in [0.29, 0.717) is 19.5 Å². The van der Waals surface area contributed by atoms with Crippen molar-refractivity contribution in [2.75, 3.05) is 19.7 Å². The molecule has 0 radical (unpaired) electrons. The molecule has 0 spiro atoms. The first-order valence-corrected chi connectivity index (χ1v) is 7.59. The molecule has 0 saturated carbocycles. The zero-order valence-electron chi connectivity index (χ0n) is 12.4. The molecule has 0 aliphatic carbocycles. The lowest BCUT2D eigenvalue weighted by molar-refractivity contribution is -0.131. The minimum atomic E-state index is -0.532. The van der Waals surface area contributed by atoms with E-state index in [0.717, 1.165) is 16.6 Å². The first-order chi connectivity index (χ1) is 10.7. The number of amides is 1. The Labute approximate surface area is 129 Å². The number of fused-ring (bicyclic) bond motifs is 1. The zero-order chi connectivity index (χ0) is 15.5. The van der Waals surface area contributed by atoms with E-state index >= 15 is 0 Å². The summed E-state index contributed by atoms with van der Waals surface area (Å²) in [7, 11) is 0. The highest BCUT2D eigenvalue weighted by molar-refractivity contribution is 5.78. The quantitative estimate of drug-likeness (QED) is 0.883. The fourth-order valence-corrected chi connectivity index (χ4v) is 3.00. The highest BCUT2D eigenvalue weighted by Gasteiger charge is 2.33. The van der Waals surface area contributed by atoms with Crippen LogP contribution in [0.25, 0.3) is 10.9 Å². The van der Waals surface area contributed by atoms with E-state index in [2.05, 4.69) is 4.98 Å². The van der Waals surface area contributed by atoms with E-state index in [1.165, 1.54) is 0 Å². The largest absolute Gasteiger partial charge is 0.396 e. The first kappa shape index (κ1) is 14.9. The lowest BCUT2D eigenvalue weighted by Crippen LogP contribution is -2.30. The van der Waals surface area contributed by atoms with Crippen LogP contribution in [-0.2, 0) is 11.2 Å². The topological polar surface area (TPSA) is 73.7 Å². The number of aliphatic hydroxyl groups is 2. The Bertz CT molecular complexity index is 674. The molecule has 1 saturated heterocycles. The van der Waals surface area contributed by atoms with Gasteiger partial charge in [-0.15, -0.1) is 0 Å². The van der Waals surface area contributed by atoms with Crippen LogP contribution in [0.5, 0.6) is 0 Å². The van der Waals surface area contributed by atoms with E-state index in [9.17, 15) is 9.90 Å². The highest BCUT2D eigenvalue weighted by atomic mass is 16.3. The Balaban J connectivity index is 1.70. The van der Waals surface area contributed by atoms with Gasteiger partial charge in [0.2, 0.25) is 5.91 Å². The number of pyridine rings is 1. The summed E-state index contributed by atoms with van der Waals surface area (Å²) in [5, 5.41) is 20.1. The maximum absolute atomic E-state index is 11.8. The molecule has 5 heteroatoms. The predicted molar refractivity (Wildman–Crippen MR) is 83.2 cm³/mol. The van der Waals surface area contributed by atoms with Gasteiger partial charge >= 0.3 is 0 Å². The van der Waals surface area contributed by atoms with Crippen LogP contribution in [0.2, 0.25) is 0 Å². The number of carbonyl (C=O) groups excluding carboxylic acids is 1. The normalized spacial score (nSPS) is 21.5. The predicted octanol–water partition coefficient (Wildman–Crippen LogP) is 0.979. The first-order valence-electron chi connectivity index (χ1n) is 7.59. The number of benzene rings is 1. The summed E-state index contributed by atoms with van der Waals surface area (Å²) in [6.45, 7) is 0.716. The minimum absolute atomic E-state index is 0.00342. The van der Waals surface area contributed by atoms with Crippen molar-refractivity contribution in [1.29, 1.82) is 0 Å². The number of rotatable bonds is 4. The zero-order valence-corrected chi connectivity index (χ0v) is 12.4. The van der Waals surface area contributed by atoms with Crippen LogP contribution in [0.1, 0.15) is 12.1 Å². The molecule has 116 valence electrons. The van der Waals surface area contributed by atoms with E-state index in [-0.39, 0.29) is 24.9 Å². The second kappa shape index (κ2) is 6.42. The summed E-state index contributed by atoms with van der Waals surface area (Å²) in [5.41, 5.74) is 1.87. The van der Waals surface area contributed by atoms with Gasteiger partial charge in [0, 0.05) is 36.5 Å². The molecule has 22 heavy (non-hydrogen) atoms. The number of hydrogen-bond acceptors (Lipinski definition) is 4. The molecule has 5 nitrogen and oxygen atoms in total. The highest BCUT2D eigenvalue weighted by Crippen LogP contribution is 2.22. The van der Waals surface area contributed by atoms with Gasteiger partial charge < -0.3 is 15.1 Å². The number of aromatic nitrogens is 1. The van der Waals surface area contributed by atoms with Gasteiger partial charge in [-0.05, 0) is 18.6 Å². The smallest absolute Gasteiger partial charge is 0.224 e. The third-order valence-corrected chi connectivity index (χ3v) is 4.21. The molecule has 1 aromatic carbocycles. The molecular formula is C17H20N2O3. The van der Waals surface area contributed by atoms with Gasteiger partial charge in [-0.1, -0.05) is 24.3 Å². The van der Waals surface area contributed by atoms with Crippen molar-refractivity contribution in [1.82, 2.24) is 9.88 Å². The van der Waals surface area contributed by atoms with Gasteiger partial charge in [0.1, 0.15) is 0 Å². The fraction of sp³-hybridized carbons (Fsp3) is 0.412. The summed E-state index contributed by atoms with van der Waals surface area (Å²) in [6.07, 6.45) is 0.235. The van der Waals surface area contributed by atoms with Crippen molar-refractivity contribution in [3.63, 3.8) is 0 Å². The molecule has 1 fully saturated rings. The molecule has 2 atom stereocenters. The number of aliphatic hydroxyl groups excluding tert-OH is 2. The lowest BCUT2D eigenvalue weighted by Gasteiger charge is -2.15. The number of likely N-dealkylation sites (tertiary alicyclic amines) is 1. The van der Waals surface area contributed by atoms with Crippen molar-refractivity contribution >= 4 is 16.8 Å². The molecule has 2 unspecified atom stereocenters. The average Bonchev–Trinajstić information content (AvgIpc) is 2.89. The Hall–Kier alpha value is -1.98. The van der Waals surface area contributed by atoms with Gasteiger partial charge in [-0.2, -0.15) is 0 Å². The molecule has 2 heterocycles. The number of β-amino-alcohol motifs (C(OH)–C–C–N with tert-alkyl or cyclic N) is 1. The summed E-state index contributed by atoms with van der Waals surface area (Å²) >= 11 is 0. The Morgan fingerprint density at radius 2 is 2.05 bits per heavy atom. The number of para-hydroxylation sites is 1. The third kappa shape index (κ3) is 3.10. The molecule has 2 aromatic rings. The van der Waals surface area contributed by atoms with Gasteiger partial charge in [0.25, 0.3) is 0 Å². The third-order valence-electron chi connectivity index (χ3n) is 4.21. The standard InChI is InChI=1S/C17H20N2O3/c20-8-7-17(22)19-10-13(16(21)11-19)9-14-6-5-12-3-1-2-4-15(12)18-14/h1-6,13,16,20-21H,7-11H2. The number of carbonyl (C=O) groups is 1. The molecule has 2 N–H and O–H groups in total. The second-order valence-electron chi connectivity index (χ2n) is 5.80. The van der Waals surface area contributed by atoms with Crippen molar-refractivity contribution in [2.24, 2.45) is 5.92 Å². The number of nitrogens with zero attached hydrogens (tertiary/aromatic N) is 2. The average molecular weight is 300 g/mol. The Morgan fingerprint density at radius 1 is 1.23 bits per heavy atom. The molecule has 1 amide bonds. The molecule has 1 aliphatic rings. The molecular weight excluding hydrogens is 280 g/mol. The van der Waals surface area contributed by atoms with E-state index < -0.39 is 6.10 Å². The van der Waals surface area contributed by atoms with Crippen LogP contribution < -0.4 is 0 Å². The van der Waals surface area contributed by atoms with Gasteiger partial charge in [-0.25, -0.2) is 0 Å². The van der Waals surface area contributed by atoms with E-state index in [4.69, 9.17) is 5.11 Å². The van der Waals surface area contributed by atoms with Crippen LogP contribution in [-0.4, -0.2) is 51.8 Å². The van der Waals surface area contributed by atoms with E-state index in [1.807, 2.05) is 36.4 Å². The van der Waals surface area contributed by atoms with Crippen molar-refractivity contribution < 1.29 is 15.0 Å². The fourth-order valence-electron chi connectivity index (χ4n) is 3.00. The van der Waals surface area contributed by atoms with Gasteiger partial charge in [-0.3, -0.25) is 9.78 Å². The summed E-state index contributed by atoms with van der Waals surface area (Å²) in [6, 6.07) is 11.9. The SMILES string of the molecule is O=C(CCO)N1CC(O)C(Cc2ccc3ccccc3n2)C1. The van der Waals surface area contributed by atoms with Crippen molar-refractivity contribution in [3.8, 4) is 0 Å². The summed E-state index contributed by atoms with van der Waals surface area (Å²) in [5.74, 6) is -0.105. The van der Waals surface area contributed by atoms with Crippen LogP contribution in [0.15, 0.2) is 36.4 Å². The summed E-state index contributed by atoms with van der Waals surface area (Å²) < 4.78 is 0. The summed E-state index contributed by atoms with van der Waals surface area (Å²) in [4.78, 5) is 18.1. The van der Waals surface area contributed by atoms with Crippen molar-refractivity contribution in [3.05, 3.63) is 42.1 Å². The monoisotopic (exact) mass is 300 g/mol. The molecule has 1 aromatic heterocycles. The minimum Gasteiger partial charge on any atom is -0.396 e. The Kier molecular flexibility index (Phi) is 4.36. The molecule has 0 bridgehead atoms. The van der Waals surface area contributed by atoms with Gasteiger partial charge in [0.05, 0.1) is 18.2 Å². The molecule has 1 aliphatic heterocycles. The van der Waals surface area contributed by atoms with Gasteiger partial charge in [0.15, 0.2) is 0 Å². The van der Waals surface area contributed by atoms with E-state index in [1.54, 1.807) is 4.90 Å². The van der Waals surface area contributed by atoms with Crippen LogP contribution >= 0.6 is 0 Å². The van der Waals surface area contributed by atoms with Crippen LogP contribution in [0.3, 0.4) is 0 Å². The van der Waals surface area contributed by atoms with Crippen molar-refractivity contribution in [2.45, 2.75) is 18.9 Å². The lowest BCUT2D eigenvalue weighted by atomic mass is 9.99. The maximum Gasteiger partial charge on any atom is 0.224 e. The molecule has 3 rings (SSSR count). The second-order valence-corrected chi connectivity index (χ2v) is 5.80.